The lowest BCUT2D eigenvalue weighted by Crippen LogP contribution is -2.45. The molecule has 0 aromatic heterocycles. The smallest absolute Gasteiger partial charge is 0.220 e. The van der Waals surface area contributed by atoms with Gasteiger partial charge in [-0.1, -0.05) is 183 Å². The van der Waals surface area contributed by atoms with Crippen LogP contribution >= 0.6 is 0 Å². The molecular weight excluding hydrogens is 590 g/mol. The normalized spacial score (nSPS) is 13.8. The highest BCUT2D eigenvalue weighted by atomic mass is 16.3. The third-order valence-electron chi connectivity index (χ3n) is 8.73. The molecule has 0 saturated carbocycles. The number of hydrogen-bond donors (Lipinski definition) is 3. The number of nitrogens with one attached hydrogen (secondary N) is 1. The molecule has 2 unspecified atom stereocenters. The van der Waals surface area contributed by atoms with Gasteiger partial charge in [-0.15, -0.1) is 0 Å². The van der Waals surface area contributed by atoms with Crippen molar-refractivity contribution in [3.63, 3.8) is 0 Å². The van der Waals surface area contributed by atoms with Gasteiger partial charge in [0.25, 0.3) is 0 Å². The van der Waals surface area contributed by atoms with Crippen molar-refractivity contribution in [2.45, 2.75) is 193 Å². The molecule has 0 rings (SSSR count). The van der Waals surface area contributed by atoms with E-state index in [9.17, 15) is 15.0 Å². The molecular formula is C44H77NO3. The van der Waals surface area contributed by atoms with Crippen LogP contribution in [0.25, 0.3) is 0 Å². The minimum atomic E-state index is -0.657. The Morgan fingerprint density at radius 1 is 0.521 bits per heavy atom. The van der Waals surface area contributed by atoms with Crippen LogP contribution in [0.4, 0.5) is 0 Å². The van der Waals surface area contributed by atoms with Gasteiger partial charge in [0.05, 0.1) is 18.8 Å². The highest BCUT2D eigenvalue weighted by Gasteiger charge is 2.19. The number of aliphatic hydroxyl groups is 2. The Kier molecular flexibility index (Phi) is 37.5. The summed E-state index contributed by atoms with van der Waals surface area (Å²) >= 11 is 0. The molecule has 4 heteroatoms. The van der Waals surface area contributed by atoms with Crippen molar-refractivity contribution >= 4 is 5.91 Å². The number of allylic oxidation sites excluding steroid dienone is 12. The second-order valence-electron chi connectivity index (χ2n) is 13.3. The lowest BCUT2D eigenvalue weighted by molar-refractivity contribution is -0.123. The van der Waals surface area contributed by atoms with E-state index < -0.39 is 12.1 Å². The number of aliphatic hydroxyl groups excluding tert-OH is 2. The first-order valence-corrected chi connectivity index (χ1v) is 20.1. The van der Waals surface area contributed by atoms with Crippen LogP contribution in [0.2, 0.25) is 0 Å². The summed E-state index contributed by atoms with van der Waals surface area (Å²) in [5.74, 6) is -0.0477. The topological polar surface area (TPSA) is 69.6 Å². The highest BCUT2D eigenvalue weighted by molar-refractivity contribution is 5.76. The molecule has 4 nitrogen and oxygen atoms in total. The van der Waals surface area contributed by atoms with Crippen LogP contribution in [-0.2, 0) is 4.79 Å². The molecule has 1 amide bonds. The first-order chi connectivity index (χ1) is 23.7. The van der Waals surface area contributed by atoms with Crippen LogP contribution in [0, 0.1) is 0 Å². The predicted molar refractivity (Wildman–Crippen MR) is 211 cm³/mol. The SMILES string of the molecule is CC/C=C\C/C=C\C/C=C\C/C=C\C/C=C\C/C=C\CCCCCCCCCCCCCCCCC(=O)NC(CO)C(O)CCCCC. The highest BCUT2D eigenvalue weighted by Crippen LogP contribution is 2.14. The zero-order chi connectivity index (χ0) is 35.0. The lowest BCUT2D eigenvalue weighted by atomic mass is 10.0. The van der Waals surface area contributed by atoms with E-state index in [1.54, 1.807) is 0 Å². The molecule has 0 aromatic carbocycles. The molecule has 276 valence electrons. The molecule has 0 bridgehead atoms. The van der Waals surface area contributed by atoms with Gasteiger partial charge in [0.1, 0.15) is 0 Å². The number of amides is 1. The maximum Gasteiger partial charge on any atom is 0.220 e. The molecule has 0 aliphatic rings. The Morgan fingerprint density at radius 2 is 0.917 bits per heavy atom. The van der Waals surface area contributed by atoms with E-state index in [1.807, 2.05) is 0 Å². The van der Waals surface area contributed by atoms with Gasteiger partial charge < -0.3 is 15.5 Å². The summed E-state index contributed by atoms with van der Waals surface area (Å²) in [7, 11) is 0. The van der Waals surface area contributed by atoms with Crippen LogP contribution < -0.4 is 5.32 Å². The van der Waals surface area contributed by atoms with Crippen LogP contribution in [-0.4, -0.2) is 34.9 Å². The van der Waals surface area contributed by atoms with Crippen molar-refractivity contribution in [2.75, 3.05) is 6.61 Å². The molecule has 48 heavy (non-hydrogen) atoms. The maximum atomic E-state index is 12.2. The van der Waals surface area contributed by atoms with E-state index in [4.69, 9.17) is 0 Å². The van der Waals surface area contributed by atoms with Gasteiger partial charge in [0, 0.05) is 6.42 Å². The van der Waals surface area contributed by atoms with Crippen LogP contribution in [0.5, 0.6) is 0 Å². The number of hydrogen-bond acceptors (Lipinski definition) is 3. The molecule has 0 aromatic rings. The van der Waals surface area contributed by atoms with E-state index in [0.29, 0.717) is 12.8 Å². The van der Waals surface area contributed by atoms with Gasteiger partial charge in [0.2, 0.25) is 5.91 Å². The molecule has 3 N–H and O–H groups in total. The summed E-state index contributed by atoms with van der Waals surface area (Å²) < 4.78 is 0. The second-order valence-corrected chi connectivity index (χ2v) is 13.3. The molecule has 0 saturated heterocycles. The van der Waals surface area contributed by atoms with Crippen LogP contribution in [0.3, 0.4) is 0 Å². The minimum absolute atomic E-state index is 0.0477. The Morgan fingerprint density at radius 3 is 1.33 bits per heavy atom. The number of carbonyl (C=O) groups excluding carboxylic acids is 1. The first-order valence-electron chi connectivity index (χ1n) is 20.1. The Hall–Kier alpha value is -2.17. The van der Waals surface area contributed by atoms with Gasteiger partial charge >= 0.3 is 0 Å². The fourth-order valence-corrected chi connectivity index (χ4v) is 5.66. The Labute approximate surface area is 298 Å². The summed E-state index contributed by atoms with van der Waals surface area (Å²) in [5.41, 5.74) is 0. The summed E-state index contributed by atoms with van der Waals surface area (Å²) in [6.45, 7) is 4.09. The molecule has 0 heterocycles. The van der Waals surface area contributed by atoms with Gasteiger partial charge in [-0.3, -0.25) is 4.79 Å². The second kappa shape index (κ2) is 39.3. The van der Waals surface area contributed by atoms with Crippen LogP contribution in [0.1, 0.15) is 181 Å². The third kappa shape index (κ3) is 35.1. The number of carbonyl (C=O) groups is 1. The van der Waals surface area contributed by atoms with Crippen molar-refractivity contribution in [3.05, 3.63) is 72.9 Å². The zero-order valence-corrected chi connectivity index (χ0v) is 31.5. The summed E-state index contributed by atoms with van der Waals surface area (Å²) in [5, 5.41) is 22.5. The average Bonchev–Trinajstić information content (AvgIpc) is 3.09. The molecule has 0 aliphatic carbocycles. The van der Waals surface area contributed by atoms with Crippen molar-refractivity contribution in [3.8, 4) is 0 Å². The average molecular weight is 668 g/mol. The maximum absolute atomic E-state index is 12.2. The van der Waals surface area contributed by atoms with E-state index in [2.05, 4.69) is 92.1 Å². The third-order valence-corrected chi connectivity index (χ3v) is 8.73. The molecule has 0 fully saturated rings. The molecule has 0 aliphatic heterocycles. The van der Waals surface area contributed by atoms with Gasteiger partial charge in [-0.05, 0) is 64.2 Å². The molecule has 0 spiro atoms. The Balaban J connectivity index is 3.44. The largest absolute Gasteiger partial charge is 0.394 e. The van der Waals surface area contributed by atoms with E-state index in [0.717, 1.165) is 70.6 Å². The summed E-state index contributed by atoms with van der Waals surface area (Å²) in [6.07, 6.45) is 56.1. The minimum Gasteiger partial charge on any atom is -0.394 e. The molecule has 0 radical (unpaired) electrons. The van der Waals surface area contributed by atoms with Crippen LogP contribution in [0.15, 0.2) is 72.9 Å². The zero-order valence-electron chi connectivity index (χ0n) is 31.5. The van der Waals surface area contributed by atoms with Crippen molar-refractivity contribution in [2.24, 2.45) is 0 Å². The lowest BCUT2D eigenvalue weighted by Gasteiger charge is -2.22. The number of unbranched alkanes of at least 4 members (excludes halogenated alkanes) is 16. The van der Waals surface area contributed by atoms with Gasteiger partial charge in [0.15, 0.2) is 0 Å². The van der Waals surface area contributed by atoms with Crippen molar-refractivity contribution < 1.29 is 15.0 Å². The fourth-order valence-electron chi connectivity index (χ4n) is 5.66. The van der Waals surface area contributed by atoms with E-state index >= 15 is 0 Å². The van der Waals surface area contributed by atoms with E-state index in [-0.39, 0.29) is 12.5 Å². The predicted octanol–water partition coefficient (Wildman–Crippen LogP) is 12.3. The summed E-state index contributed by atoms with van der Waals surface area (Å²) in [6, 6.07) is -0.534. The molecule has 2 atom stereocenters. The van der Waals surface area contributed by atoms with Crippen molar-refractivity contribution in [1.29, 1.82) is 0 Å². The quantitative estimate of drug-likeness (QED) is 0.0465. The van der Waals surface area contributed by atoms with E-state index in [1.165, 1.54) is 83.5 Å². The monoisotopic (exact) mass is 668 g/mol. The first kappa shape index (κ1) is 45.8. The Bertz CT molecular complexity index is 853. The standard InChI is InChI=1S/C44H77NO3/c1-3-5-7-8-9-10-11-12-13-14-15-16-17-18-19-20-21-22-23-24-25-26-27-28-29-30-31-32-33-34-35-36-38-40-44(48)45-42(41-46)43(47)39-37-6-4-2/h5,7,9-10,12-13,15-16,18-19,21-22,42-43,46-47H,3-4,6,8,11,14,17,20,23-41H2,1-2H3,(H,45,48)/b7-5-,10-9-,13-12-,16-15-,19-18-,22-21-. The van der Waals surface area contributed by atoms with Gasteiger partial charge in [-0.2, -0.15) is 0 Å². The number of rotatable bonds is 35. The summed E-state index contributed by atoms with van der Waals surface area (Å²) in [4.78, 5) is 12.2. The fraction of sp³-hybridized carbons (Fsp3) is 0.705. The van der Waals surface area contributed by atoms with Gasteiger partial charge in [-0.25, -0.2) is 0 Å². The van der Waals surface area contributed by atoms with Crippen molar-refractivity contribution in [1.82, 2.24) is 5.32 Å².